The summed E-state index contributed by atoms with van der Waals surface area (Å²) in [5.74, 6) is 0.0372. The van der Waals surface area contributed by atoms with Crippen LogP contribution in [0.3, 0.4) is 0 Å². The number of benzene rings is 2. The van der Waals surface area contributed by atoms with Gasteiger partial charge in [0.25, 0.3) is 0 Å². The number of carbonyl (C=O) groups is 2. The number of para-hydroxylation sites is 1. The first-order valence-electron chi connectivity index (χ1n) is 9.58. The van der Waals surface area contributed by atoms with Gasteiger partial charge in [0.15, 0.2) is 0 Å². The van der Waals surface area contributed by atoms with Crippen molar-refractivity contribution < 1.29 is 9.59 Å². The van der Waals surface area contributed by atoms with Crippen LogP contribution < -0.4 is 15.5 Å². The number of carbonyl (C=O) groups excluding carboxylic acids is 2. The fourth-order valence-electron chi connectivity index (χ4n) is 2.88. The zero-order valence-corrected chi connectivity index (χ0v) is 17.1. The third-order valence-corrected chi connectivity index (χ3v) is 4.77. The Morgan fingerprint density at radius 2 is 1.79 bits per heavy atom. The van der Waals surface area contributed by atoms with Gasteiger partial charge in [0.05, 0.1) is 0 Å². The van der Waals surface area contributed by atoms with E-state index in [1.807, 2.05) is 68.6 Å². The first kappa shape index (κ1) is 21.3. The lowest BCUT2D eigenvalue weighted by Crippen LogP contribution is -2.41. The average molecular weight is 383 g/mol. The Labute approximate surface area is 167 Å². The summed E-state index contributed by atoms with van der Waals surface area (Å²) in [6.07, 6.45) is 0. The van der Waals surface area contributed by atoms with Gasteiger partial charge < -0.3 is 20.4 Å². The standard InChI is InChI=1S/C22H30N4O2/c1-5-26(18(3)27)16-19-10-9-11-20(14-19)24-22(28)23-15-17(2)25(4)21-12-7-6-8-13-21/h6-14,17H,5,15-16H2,1-4H3,(H2,23,24,28). The molecule has 1 unspecified atom stereocenters. The highest BCUT2D eigenvalue weighted by Crippen LogP contribution is 2.14. The van der Waals surface area contributed by atoms with Crippen LogP contribution in [0.25, 0.3) is 0 Å². The molecule has 0 bridgehead atoms. The summed E-state index contributed by atoms with van der Waals surface area (Å²) in [5.41, 5.74) is 2.79. The lowest BCUT2D eigenvalue weighted by Gasteiger charge is -2.27. The quantitative estimate of drug-likeness (QED) is 0.732. The molecule has 0 aliphatic heterocycles. The molecule has 0 fully saturated rings. The van der Waals surface area contributed by atoms with Crippen LogP contribution in [-0.2, 0) is 11.3 Å². The fraction of sp³-hybridized carbons (Fsp3) is 0.364. The summed E-state index contributed by atoms with van der Waals surface area (Å²) < 4.78 is 0. The molecule has 0 spiro atoms. The highest BCUT2D eigenvalue weighted by Gasteiger charge is 2.12. The zero-order chi connectivity index (χ0) is 20.5. The molecule has 2 aromatic rings. The molecule has 0 saturated heterocycles. The van der Waals surface area contributed by atoms with Gasteiger partial charge in [0, 0.05) is 51.0 Å². The molecule has 28 heavy (non-hydrogen) atoms. The van der Waals surface area contributed by atoms with Crippen molar-refractivity contribution in [1.82, 2.24) is 10.2 Å². The van der Waals surface area contributed by atoms with E-state index in [-0.39, 0.29) is 18.0 Å². The molecule has 2 rings (SSSR count). The van der Waals surface area contributed by atoms with Gasteiger partial charge in [0.2, 0.25) is 5.91 Å². The van der Waals surface area contributed by atoms with Crippen molar-refractivity contribution in [2.24, 2.45) is 0 Å². The second-order valence-corrected chi connectivity index (χ2v) is 6.86. The number of amides is 3. The summed E-state index contributed by atoms with van der Waals surface area (Å²) in [5, 5.41) is 5.78. The van der Waals surface area contributed by atoms with E-state index in [2.05, 4.69) is 22.5 Å². The van der Waals surface area contributed by atoms with Crippen molar-refractivity contribution in [3.8, 4) is 0 Å². The molecule has 0 saturated carbocycles. The minimum atomic E-state index is -0.246. The van der Waals surface area contributed by atoms with E-state index in [0.717, 1.165) is 11.3 Å². The van der Waals surface area contributed by atoms with Gasteiger partial charge in [-0.25, -0.2) is 4.79 Å². The van der Waals surface area contributed by atoms with E-state index in [9.17, 15) is 9.59 Å². The molecule has 6 nitrogen and oxygen atoms in total. The molecule has 150 valence electrons. The van der Waals surface area contributed by atoms with Crippen molar-refractivity contribution >= 4 is 23.3 Å². The fourth-order valence-corrected chi connectivity index (χ4v) is 2.88. The average Bonchev–Trinajstić information content (AvgIpc) is 2.70. The number of urea groups is 1. The number of hydrogen-bond acceptors (Lipinski definition) is 3. The zero-order valence-electron chi connectivity index (χ0n) is 17.1. The van der Waals surface area contributed by atoms with Crippen molar-refractivity contribution in [3.63, 3.8) is 0 Å². The van der Waals surface area contributed by atoms with Gasteiger partial charge in [-0.15, -0.1) is 0 Å². The molecule has 1 atom stereocenters. The molecule has 2 aromatic carbocycles. The summed E-state index contributed by atoms with van der Waals surface area (Å²) in [7, 11) is 2.01. The molecular formula is C22H30N4O2. The monoisotopic (exact) mass is 382 g/mol. The summed E-state index contributed by atoms with van der Waals surface area (Å²) in [6.45, 7) is 7.28. The lowest BCUT2D eigenvalue weighted by atomic mass is 10.2. The molecule has 2 N–H and O–H groups in total. The Hall–Kier alpha value is -3.02. The van der Waals surface area contributed by atoms with E-state index < -0.39 is 0 Å². The van der Waals surface area contributed by atoms with Crippen LogP contribution in [0.4, 0.5) is 16.2 Å². The number of likely N-dealkylation sites (N-methyl/N-ethyl adjacent to an activating group) is 1. The number of anilines is 2. The van der Waals surface area contributed by atoms with Crippen molar-refractivity contribution in [3.05, 3.63) is 60.2 Å². The predicted octanol–water partition coefficient (Wildman–Crippen LogP) is 3.70. The van der Waals surface area contributed by atoms with Crippen molar-refractivity contribution in [2.45, 2.75) is 33.4 Å². The highest BCUT2D eigenvalue weighted by atomic mass is 16.2. The largest absolute Gasteiger partial charge is 0.370 e. The molecule has 0 aliphatic rings. The lowest BCUT2D eigenvalue weighted by molar-refractivity contribution is -0.129. The maximum absolute atomic E-state index is 12.3. The maximum Gasteiger partial charge on any atom is 0.319 e. The number of rotatable bonds is 8. The second-order valence-electron chi connectivity index (χ2n) is 6.86. The van der Waals surface area contributed by atoms with Crippen LogP contribution in [-0.4, -0.2) is 43.0 Å². The van der Waals surface area contributed by atoms with Gasteiger partial charge in [-0.3, -0.25) is 4.79 Å². The van der Waals surface area contributed by atoms with Crippen LogP contribution in [0.1, 0.15) is 26.3 Å². The van der Waals surface area contributed by atoms with Crippen LogP contribution in [0, 0.1) is 0 Å². The van der Waals surface area contributed by atoms with Crippen molar-refractivity contribution in [1.29, 1.82) is 0 Å². The number of nitrogens with one attached hydrogen (secondary N) is 2. The molecule has 0 aliphatic carbocycles. The highest BCUT2D eigenvalue weighted by molar-refractivity contribution is 5.89. The second kappa shape index (κ2) is 10.3. The molecule has 0 radical (unpaired) electrons. The Morgan fingerprint density at radius 1 is 1.07 bits per heavy atom. The summed E-state index contributed by atoms with van der Waals surface area (Å²) >= 11 is 0. The normalized spacial score (nSPS) is 11.4. The van der Waals surface area contributed by atoms with Gasteiger partial charge in [0.1, 0.15) is 0 Å². The molecular weight excluding hydrogens is 352 g/mol. The van der Waals surface area contributed by atoms with E-state index in [0.29, 0.717) is 25.3 Å². The van der Waals surface area contributed by atoms with Crippen LogP contribution >= 0.6 is 0 Å². The first-order chi connectivity index (χ1) is 13.4. The van der Waals surface area contributed by atoms with Gasteiger partial charge in [-0.05, 0) is 43.7 Å². The van der Waals surface area contributed by atoms with Crippen LogP contribution in [0.15, 0.2) is 54.6 Å². The van der Waals surface area contributed by atoms with E-state index in [1.54, 1.807) is 11.8 Å². The smallest absolute Gasteiger partial charge is 0.319 e. The van der Waals surface area contributed by atoms with E-state index in [1.165, 1.54) is 0 Å². The Bertz CT molecular complexity index is 779. The third-order valence-electron chi connectivity index (χ3n) is 4.77. The molecule has 6 heteroatoms. The number of hydrogen-bond donors (Lipinski definition) is 2. The Kier molecular flexibility index (Phi) is 7.87. The third kappa shape index (κ3) is 6.30. The molecule has 0 aromatic heterocycles. The summed E-state index contributed by atoms with van der Waals surface area (Å²) in [6, 6.07) is 17.5. The van der Waals surface area contributed by atoms with Crippen molar-refractivity contribution in [2.75, 3.05) is 30.4 Å². The topological polar surface area (TPSA) is 64.7 Å². The Morgan fingerprint density at radius 3 is 2.43 bits per heavy atom. The number of nitrogens with zero attached hydrogens (tertiary/aromatic N) is 2. The SMILES string of the molecule is CCN(Cc1cccc(NC(=O)NCC(C)N(C)c2ccccc2)c1)C(C)=O. The maximum atomic E-state index is 12.3. The minimum absolute atomic E-state index is 0.0372. The predicted molar refractivity (Wildman–Crippen MR) is 115 cm³/mol. The molecule has 0 heterocycles. The van der Waals surface area contributed by atoms with Gasteiger partial charge >= 0.3 is 6.03 Å². The van der Waals surface area contributed by atoms with Crippen LogP contribution in [0.2, 0.25) is 0 Å². The summed E-state index contributed by atoms with van der Waals surface area (Å²) in [4.78, 5) is 27.7. The van der Waals surface area contributed by atoms with Crippen LogP contribution in [0.5, 0.6) is 0 Å². The van der Waals surface area contributed by atoms with Gasteiger partial charge in [-0.1, -0.05) is 30.3 Å². The molecule has 3 amide bonds. The first-order valence-corrected chi connectivity index (χ1v) is 9.58. The minimum Gasteiger partial charge on any atom is -0.370 e. The van der Waals surface area contributed by atoms with Gasteiger partial charge in [-0.2, -0.15) is 0 Å². The van der Waals surface area contributed by atoms with E-state index >= 15 is 0 Å². The van der Waals surface area contributed by atoms with E-state index in [4.69, 9.17) is 0 Å². The Balaban J connectivity index is 1.87.